The fourth-order valence-corrected chi connectivity index (χ4v) is 5.22. The standard InChI is InChI=1S/C26H25BrN2O8S/c1-2-36-20-12-17(11-19(27)23(20)37-15-16-3-5-18(6-4-16)25(32)33)13-21-24(31)29(26(34)38-21)14-22(30)28-7-9-35-10-8-28/h3-6,11-13H,2,7-10,14-15H2,1H3,(H,32,33)/b21-13+. The molecule has 2 aromatic carbocycles. The van der Waals surface area contributed by atoms with Crippen LogP contribution in [0.25, 0.3) is 6.08 Å². The number of thioether (sulfide) groups is 1. The molecule has 0 atom stereocenters. The number of hydrogen-bond donors (Lipinski definition) is 1. The summed E-state index contributed by atoms with van der Waals surface area (Å²) in [5, 5.41) is 8.56. The van der Waals surface area contributed by atoms with Crippen molar-refractivity contribution in [2.24, 2.45) is 0 Å². The third kappa shape index (κ3) is 6.55. The van der Waals surface area contributed by atoms with Gasteiger partial charge in [-0.15, -0.1) is 0 Å². The Kier molecular flexibility index (Phi) is 9.08. The van der Waals surface area contributed by atoms with E-state index in [2.05, 4.69) is 15.9 Å². The average molecular weight is 605 g/mol. The monoisotopic (exact) mass is 604 g/mol. The lowest BCUT2D eigenvalue weighted by atomic mass is 10.1. The van der Waals surface area contributed by atoms with E-state index in [1.54, 1.807) is 35.2 Å². The average Bonchev–Trinajstić information content (AvgIpc) is 3.16. The Labute approximate surface area is 231 Å². The maximum atomic E-state index is 12.9. The zero-order valence-corrected chi connectivity index (χ0v) is 22.9. The first-order valence-electron chi connectivity index (χ1n) is 11.8. The number of benzene rings is 2. The van der Waals surface area contributed by atoms with E-state index in [9.17, 15) is 19.2 Å². The second-order valence-electron chi connectivity index (χ2n) is 8.31. The van der Waals surface area contributed by atoms with Crippen molar-refractivity contribution in [1.82, 2.24) is 9.80 Å². The van der Waals surface area contributed by atoms with Crippen molar-refractivity contribution >= 4 is 56.8 Å². The molecule has 2 aliphatic heterocycles. The summed E-state index contributed by atoms with van der Waals surface area (Å²) < 4.78 is 17.5. The van der Waals surface area contributed by atoms with Crippen LogP contribution in [0.1, 0.15) is 28.4 Å². The van der Waals surface area contributed by atoms with Gasteiger partial charge in [-0.05, 0) is 76.1 Å². The van der Waals surface area contributed by atoms with Crippen molar-refractivity contribution in [2.45, 2.75) is 13.5 Å². The molecule has 2 saturated heterocycles. The Balaban J connectivity index is 1.49. The summed E-state index contributed by atoms with van der Waals surface area (Å²) in [4.78, 5) is 51.8. The van der Waals surface area contributed by atoms with Gasteiger partial charge in [-0.1, -0.05) is 12.1 Å². The Bertz CT molecular complexity index is 1270. The molecule has 3 amide bonds. The van der Waals surface area contributed by atoms with E-state index in [0.29, 0.717) is 54.4 Å². The lowest BCUT2D eigenvalue weighted by Gasteiger charge is -2.28. The highest BCUT2D eigenvalue weighted by atomic mass is 79.9. The quantitative estimate of drug-likeness (QED) is 0.423. The van der Waals surface area contributed by atoms with Gasteiger partial charge in [0.05, 0.1) is 34.8 Å². The maximum absolute atomic E-state index is 12.9. The first-order chi connectivity index (χ1) is 18.3. The summed E-state index contributed by atoms with van der Waals surface area (Å²) in [6.45, 7) is 3.78. The minimum atomic E-state index is -1.00. The number of carboxylic acids is 1. The minimum Gasteiger partial charge on any atom is -0.490 e. The van der Waals surface area contributed by atoms with Gasteiger partial charge >= 0.3 is 5.97 Å². The highest BCUT2D eigenvalue weighted by molar-refractivity contribution is 9.10. The van der Waals surface area contributed by atoms with Gasteiger partial charge in [-0.25, -0.2) is 4.79 Å². The molecular formula is C26H25BrN2O8S. The number of amides is 3. The van der Waals surface area contributed by atoms with Gasteiger partial charge < -0.3 is 24.2 Å². The molecule has 0 saturated carbocycles. The van der Waals surface area contributed by atoms with Crippen molar-refractivity contribution in [2.75, 3.05) is 39.5 Å². The number of ether oxygens (including phenoxy) is 3. The van der Waals surface area contributed by atoms with Crippen molar-refractivity contribution < 1.29 is 38.5 Å². The van der Waals surface area contributed by atoms with Gasteiger partial charge in [0, 0.05) is 13.1 Å². The van der Waals surface area contributed by atoms with Gasteiger partial charge in [0.15, 0.2) is 11.5 Å². The van der Waals surface area contributed by atoms with Crippen LogP contribution in [0, 0.1) is 0 Å². The Morgan fingerprint density at radius 2 is 1.84 bits per heavy atom. The number of morpholine rings is 1. The molecular weight excluding hydrogens is 580 g/mol. The van der Waals surface area contributed by atoms with Crippen molar-refractivity contribution in [3.05, 3.63) is 62.5 Å². The molecule has 0 spiro atoms. The van der Waals surface area contributed by atoms with Crippen LogP contribution in [0.4, 0.5) is 4.79 Å². The van der Waals surface area contributed by atoms with Gasteiger partial charge in [0.25, 0.3) is 11.1 Å². The van der Waals surface area contributed by atoms with E-state index in [-0.39, 0.29) is 29.5 Å². The molecule has 1 N–H and O–H groups in total. The number of imide groups is 1. The van der Waals surface area contributed by atoms with Gasteiger partial charge in [-0.2, -0.15) is 0 Å². The topological polar surface area (TPSA) is 123 Å². The molecule has 2 aliphatic rings. The third-order valence-corrected chi connectivity index (χ3v) is 7.24. The van der Waals surface area contributed by atoms with Gasteiger partial charge in [0.2, 0.25) is 5.91 Å². The van der Waals surface area contributed by atoms with E-state index in [1.807, 2.05) is 6.92 Å². The molecule has 2 fully saturated rings. The Morgan fingerprint density at radius 3 is 2.50 bits per heavy atom. The number of rotatable bonds is 9. The first-order valence-corrected chi connectivity index (χ1v) is 13.4. The van der Waals surface area contributed by atoms with Crippen molar-refractivity contribution in [3.8, 4) is 11.5 Å². The predicted octanol–water partition coefficient (Wildman–Crippen LogP) is 4.02. The zero-order valence-electron chi connectivity index (χ0n) is 20.5. The molecule has 0 aliphatic carbocycles. The van der Waals surface area contributed by atoms with Gasteiger partial charge in [-0.3, -0.25) is 19.3 Å². The number of aromatic carboxylic acids is 1. The molecule has 2 aromatic rings. The fourth-order valence-electron chi connectivity index (χ4n) is 3.81. The molecule has 4 rings (SSSR count). The van der Waals surface area contributed by atoms with Crippen molar-refractivity contribution in [3.63, 3.8) is 0 Å². The lowest BCUT2D eigenvalue weighted by molar-refractivity contribution is -0.139. The minimum absolute atomic E-state index is 0.175. The summed E-state index contributed by atoms with van der Waals surface area (Å²) in [5.74, 6) is -0.957. The van der Waals surface area contributed by atoms with E-state index >= 15 is 0 Å². The SMILES string of the molecule is CCOc1cc(/C=C2/SC(=O)N(CC(=O)N3CCOCC3)C2=O)cc(Br)c1OCc1ccc(C(=O)O)cc1. The smallest absolute Gasteiger partial charge is 0.335 e. The summed E-state index contributed by atoms with van der Waals surface area (Å²) in [7, 11) is 0. The summed E-state index contributed by atoms with van der Waals surface area (Å²) in [6, 6.07) is 9.79. The van der Waals surface area contributed by atoms with E-state index in [1.165, 1.54) is 12.1 Å². The molecule has 2 heterocycles. The number of halogens is 1. The predicted molar refractivity (Wildman–Crippen MR) is 143 cm³/mol. The zero-order chi connectivity index (χ0) is 27.2. The van der Waals surface area contributed by atoms with Crippen LogP contribution in [0.15, 0.2) is 45.8 Å². The fraction of sp³-hybridized carbons (Fsp3) is 0.308. The molecule has 12 heteroatoms. The molecule has 0 aromatic heterocycles. The van der Waals surface area contributed by atoms with Crippen LogP contribution >= 0.6 is 27.7 Å². The second kappa shape index (κ2) is 12.5. The largest absolute Gasteiger partial charge is 0.490 e. The van der Waals surface area contributed by atoms with Crippen LogP contribution in [0.5, 0.6) is 11.5 Å². The number of carbonyl (C=O) groups is 4. The highest BCUT2D eigenvalue weighted by Gasteiger charge is 2.37. The van der Waals surface area contributed by atoms with E-state index in [4.69, 9.17) is 19.3 Å². The molecule has 200 valence electrons. The summed E-state index contributed by atoms with van der Waals surface area (Å²) in [5.41, 5.74) is 1.56. The van der Waals surface area contributed by atoms with Crippen LogP contribution in [-0.2, 0) is 20.9 Å². The van der Waals surface area contributed by atoms with Crippen LogP contribution < -0.4 is 9.47 Å². The molecule has 0 bridgehead atoms. The van der Waals surface area contributed by atoms with Crippen LogP contribution in [0.2, 0.25) is 0 Å². The number of carbonyl (C=O) groups excluding carboxylic acids is 3. The molecule has 0 radical (unpaired) electrons. The third-order valence-electron chi connectivity index (χ3n) is 5.74. The molecule has 10 nitrogen and oxygen atoms in total. The molecule has 0 unspecified atom stereocenters. The van der Waals surface area contributed by atoms with Crippen LogP contribution in [0.3, 0.4) is 0 Å². The van der Waals surface area contributed by atoms with E-state index in [0.717, 1.165) is 22.2 Å². The number of nitrogens with zero attached hydrogens (tertiary/aromatic N) is 2. The van der Waals surface area contributed by atoms with Crippen molar-refractivity contribution in [1.29, 1.82) is 0 Å². The second-order valence-corrected chi connectivity index (χ2v) is 10.2. The number of carboxylic acid groups (broad SMARTS) is 1. The first kappa shape index (κ1) is 27.7. The Morgan fingerprint density at radius 1 is 1.13 bits per heavy atom. The maximum Gasteiger partial charge on any atom is 0.335 e. The Hall–Kier alpha value is -3.35. The van der Waals surface area contributed by atoms with E-state index < -0.39 is 17.1 Å². The normalized spacial score (nSPS) is 16.7. The molecule has 38 heavy (non-hydrogen) atoms. The summed E-state index contributed by atoms with van der Waals surface area (Å²) >= 11 is 4.27. The number of hydrogen-bond acceptors (Lipinski definition) is 8. The lowest BCUT2D eigenvalue weighted by Crippen LogP contribution is -2.46. The van der Waals surface area contributed by atoms with Crippen LogP contribution in [-0.4, -0.2) is 77.4 Å². The highest BCUT2D eigenvalue weighted by Crippen LogP contribution is 2.39. The summed E-state index contributed by atoms with van der Waals surface area (Å²) in [6.07, 6.45) is 1.58. The van der Waals surface area contributed by atoms with Gasteiger partial charge in [0.1, 0.15) is 13.2 Å².